The highest BCUT2D eigenvalue weighted by Gasteiger charge is 2.32. The van der Waals surface area contributed by atoms with Crippen LogP contribution in [0, 0.1) is 5.92 Å². The molecule has 174 valence electrons. The molecule has 0 N–H and O–H groups in total. The summed E-state index contributed by atoms with van der Waals surface area (Å²) in [5, 5.41) is 1.02. The molecule has 0 spiro atoms. The number of fused-ring (bicyclic) bond motifs is 1. The number of amides is 1. The SMILES string of the molecule is CCCCN1C(=O)/C(=C/c2cc3ccccc3nc2N2CCC(C(=O)OCC)CC2)SC1=S. The zero-order chi connectivity index (χ0) is 23.4. The molecule has 2 aromatic rings. The maximum Gasteiger partial charge on any atom is 0.309 e. The maximum atomic E-state index is 13.0. The fraction of sp³-hybridized carbons (Fsp3) is 0.440. The highest BCUT2D eigenvalue weighted by atomic mass is 32.2. The quantitative estimate of drug-likeness (QED) is 0.311. The van der Waals surface area contributed by atoms with Crippen LogP contribution in [0.5, 0.6) is 0 Å². The Bertz CT molecular complexity index is 1090. The van der Waals surface area contributed by atoms with Gasteiger partial charge in [-0.1, -0.05) is 55.5 Å². The number of para-hydroxylation sites is 1. The summed E-state index contributed by atoms with van der Waals surface area (Å²) in [6, 6.07) is 10.1. The number of thiocarbonyl (C=S) groups is 1. The van der Waals surface area contributed by atoms with Crippen LogP contribution >= 0.6 is 24.0 Å². The average molecular weight is 484 g/mol. The van der Waals surface area contributed by atoms with Crippen molar-refractivity contribution in [3.63, 3.8) is 0 Å². The van der Waals surface area contributed by atoms with Crippen LogP contribution in [0.2, 0.25) is 0 Å². The van der Waals surface area contributed by atoms with Crippen molar-refractivity contribution >= 4 is 63.0 Å². The summed E-state index contributed by atoms with van der Waals surface area (Å²) in [7, 11) is 0. The molecule has 3 heterocycles. The number of thioether (sulfide) groups is 1. The number of hydrogen-bond donors (Lipinski definition) is 0. The second-order valence-corrected chi connectivity index (χ2v) is 9.97. The number of carbonyl (C=O) groups is 2. The van der Waals surface area contributed by atoms with Gasteiger partial charge in [-0.3, -0.25) is 14.5 Å². The van der Waals surface area contributed by atoms with Crippen molar-refractivity contribution in [2.45, 2.75) is 39.5 Å². The highest BCUT2D eigenvalue weighted by Crippen LogP contribution is 2.36. The molecule has 2 fully saturated rings. The van der Waals surface area contributed by atoms with Crippen LogP contribution in [0.25, 0.3) is 17.0 Å². The summed E-state index contributed by atoms with van der Waals surface area (Å²) in [5.74, 6) is 0.632. The van der Waals surface area contributed by atoms with E-state index in [9.17, 15) is 9.59 Å². The standard InChI is InChI=1S/C25H29N3O3S2/c1-3-5-12-28-23(29)21(33-25(28)32)16-19-15-18-8-6-7-9-20(18)26-22(19)27-13-10-17(11-14-27)24(30)31-4-2/h6-9,15-17H,3-5,10-14H2,1-2H3/b21-16-. The third kappa shape index (κ3) is 5.22. The molecule has 2 saturated heterocycles. The molecule has 0 radical (unpaired) electrons. The van der Waals surface area contributed by atoms with Crippen molar-refractivity contribution < 1.29 is 14.3 Å². The topological polar surface area (TPSA) is 62.7 Å². The van der Waals surface area contributed by atoms with Gasteiger partial charge < -0.3 is 9.64 Å². The van der Waals surface area contributed by atoms with Crippen LogP contribution in [0.4, 0.5) is 5.82 Å². The maximum absolute atomic E-state index is 13.0. The van der Waals surface area contributed by atoms with E-state index < -0.39 is 0 Å². The molecule has 1 amide bonds. The molecule has 0 unspecified atom stereocenters. The van der Waals surface area contributed by atoms with Crippen molar-refractivity contribution in [1.29, 1.82) is 0 Å². The number of nitrogens with zero attached hydrogens (tertiary/aromatic N) is 3. The van der Waals surface area contributed by atoms with Gasteiger partial charge in [0.15, 0.2) is 0 Å². The number of pyridine rings is 1. The van der Waals surface area contributed by atoms with Gasteiger partial charge in [-0.25, -0.2) is 4.98 Å². The average Bonchev–Trinajstić information content (AvgIpc) is 3.09. The third-order valence-electron chi connectivity index (χ3n) is 6.04. The first-order valence-corrected chi connectivity index (χ1v) is 12.8. The molecule has 4 rings (SSSR count). The van der Waals surface area contributed by atoms with Crippen molar-refractivity contribution in [3.05, 3.63) is 40.8 Å². The minimum atomic E-state index is -0.111. The predicted molar refractivity (Wildman–Crippen MR) is 138 cm³/mol. The first-order valence-electron chi connectivity index (χ1n) is 11.6. The van der Waals surface area contributed by atoms with E-state index in [2.05, 4.69) is 17.9 Å². The molecule has 6 nitrogen and oxygen atoms in total. The molecule has 1 aromatic carbocycles. The summed E-state index contributed by atoms with van der Waals surface area (Å²) in [4.78, 5) is 34.7. The lowest BCUT2D eigenvalue weighted by molar-refractivity contribution is -0.148. The summed E-state index contributed by atoms with van der Waals surface area (Å²) < 4.78 is 5.83. The number of esters is 1. The Labute approximate surface area is 204 Å². The van der Waals surface area contributed by atoms with Gasteiger partial charge in [0.1, 0.15) is 10.1 Å². The number of aromatic nitrogens is 1. The lowest BCUT2D eigenvalue weighted by atomic mass is 9.96. The van der Waals surface area contributed by atoms with Crippen molar-refractivity contribution in [2.24, 2.45) is 5.92 Å². The Morgan fingerprint density at radius 3 is 2.76 bits per heavy atom. The number of rotatable bonds is 7. The summed E-state index contributed by atoms with van der Waals surface area (Å²) >= 11 is 6.83. The van der Waals surface area contributed by atoms with Gasteiger partial charge in [0.05, 0.1) is 22.9 Å². The smallest absolute Gasteiger partial charge is 0.309 e. The number of carbonyl (C=O) groups excluding carboxylic acids is 2. The van der Waals surface area contributed by atoms with E-state index in [1.165, 1.54) is 11.8 Å². The van der Waals surface area contributed by atoms with Crippen molar-refractivity contribution in [2.75, 3.05) is 31.1 Å². The largest absolute Gasteiger partial charge is 0.466 e. The molecule has 1 aromatic heterocycles. The normalized spacial score (nSPS) is 18.5. The molecular formula is C25H29N3O3S2. The van der Waals surface area contributed by atoms with Crippen molar-refractivity contribution in [3.8, 4) is 0 Å². The number of piperidine rings is 1. The van der Waals surface area contributed by atoms with E-state index >= 15 is 0 Å². The molecule has 33 heavy (non-hydrogen) atoms. The van der Waals surface area contributed by atoms with E-state index in [0.717, 1.165) is 48.0 Å². The second-order valence-electron chi connectivity index (χ2n) is 8.29. The summed E-state index contributed by atoms with van der Waals surface area (Å²) in [6.45, 7) is 6.43. The number of anilines is 1. The van der Waals surface area contributed by atoms with Gasteiger partial charge in [0.25, 0.3) is 5.91 Å². The molecule has 2 aliphatic rings. The van der Waals surface area contributed by atoms with E-state index in [-0.39, 0.29) is 17.8 Å². The summed E-state index contributed by atoms with van der Waals surface area (Å²) in [6.07, 6.45) is 5.32. The Morgan fingerprint density at radius 1 is 1.27 bits per heavy atom. The van der Waals surface area contributed by atoms with Crippen LogP contribution in [0.1, 0.15) is 45.1 Å². The number of ether oxygens (including phenoxy) is 1. The molecule has 0 bridgehead atoms. The van der Waals surface area contributed by atoms with Gasteiger partial charge in [-0.2, -0.15) is 0 Å². The van der Waals surface area contributed by atoms with E-state index in [1.54, 1.807) is 4.90 Å². The summed E-state index contributed by atoms with van der Waals surface area (Å²) in [5.41, 5.74) is 1.81. The molecule has 8 heteroatoms. The fourth-order valence-corrected chi connectivity index (χ4v) is 5.52. The van der Waals surface area contributed by atoms with Gasteiger partial charge >= 0.3 is 5.97 Å². The Morgan fingerprint density at radius 2 is 2.03 bits per heavy atom. The molecular weight excluding hydrogens is 454 g/mol. The van der Waals surface area contributed by atoms with Crippen LogP contribution in [-0.2, 0) is 14.3 Å². The molecule has 0 aliphatic carbocycles. The van der Waals surface area contributed by atoms with Crippen LogP contribution < -0.4 is 4.90 Å². The first kappa shape index (κ1) is 23.7. The highest BCUT2D eigenvalue weighted by molar-refractivity contribution is 8.26. The van der Waals surface area contributed by atoms with Gasteiger partial charge in [-0.15, -0.1) is 0 Å². The van der Waals surface area contributed by atoms with Crippen molar-refractivity contribution in [1.82, 2.24) is 9.88 Å². The predicted octanol–water partition coefficient (Wildman–Crippen LogP) is 5.02. The minimum Gasteiger partial charge on any atom is -0.466 e. The lowest BCUT2D eigenvalue weighted by Gasteiger charge is -2.32. The van der Waals surface area contributed by atoms with Gasteiger partial charge in [-0.05, 0) is 44.4 Å². The van der Waals surface area contributed by atoms with E-state index in [1.807, 2.05) is 37.3 Å². The molecule has 0 atom stereocenters. The molecule has 0 saturated carbocycles. The Kier molecular flexibility index (Phi) is 7.65. The molecule has 2 aliphatic heterocycles. The fourth-order valence-electron chi connectivity index (χ4n) is 4.22. The monoisotopic (exact) mass is 483 g/mol. The lowest BCUT2D eigenvalue weighted by Crippen LogP contribution is -2.37. The van der Waals surface area contributed by atoms with Crippen LogP contribution in [-0.4, -0.2) is 52.3 Å². The number of hydrogen-bond acceptors (Lipinski definition) is 7. The number of unbranched alkanes of at least 4 members (excludes halogenated alkanes) is 1. The van der Waals surface area contributed by atoms with E-state index in [4.69, 9.17) is 21.9 Å². The Balaban J connectivity index is 1.64. The Hall–Kier alpha value is -2.45. The van der Waals surface area contributed by atoms with Crippen LogP contribution in [0.15, 0.2) is 35.2 Å². The number of benzene rings is 1. The van der Waals surface area contributed by atoms with Gasteiger partial charge in [0, 0.05) is 30.6 Å². The third-order valence-corrected chi connectivity index (χ3v) is 7.42. The van der Waals surface area contributed by atoms with E-state index in [0.29, 0.717) is 35.5 Å². The zero-order valence-electron chi connectivity index (χ0n) is 19.1. The second kappa shape index (κ2) is 10.7. The minimum absolute atomic E-state index is 0.0291. The zero-order valence-corrected chi connectivity index (χ0v) is 20.7. The van der Waals surface area contributed by atoms with Crippen LogP contribution in [0.3, 0.4) is 0 Å². The van der Waals surface area contributed by atoms with Gasteiger partial charge in [0.2, 0.25) is 0 Å². The first-order chi connectivity index (χ1) is 16.0.